The summed E-state index contributed by atoms with van der Waals surface area (Å²) in [4.78, 5) is 20.1. The number of anilines is 1. The Hall–Kier alpha value is -2.32. The number of phenolic OH excluding ortho intramolecular Hbond substituents is 1. The first-order valence-electron chi connectivity index (χ1n) is 5.73. The number of aromatic hydroxyl groups is 1. The molecular weight excluding hydrogens is 268 g/mol. The molecule has 1 aromatic rings. The summed E-state index contributed by atoms with van der Waals surface area (Å²) in [7, 11) is 0. The Labute approximate surface area is 114 Å². The molecule has 0 aromatic heterocycles. The minimum Gasteiger partial charge on any atom is -0.506 e. The van der Waals surface area contributed by atoms with Crippen molar-refractivity contribution in [2.24, 2.45) is 5.73 Å². The number of rotatable bonds is 2. The van der Waals surface area contributed by atoms with Gasteiger partial charge in [-0.05, 0) is 12.1 Å². The average Bonchev–Trinajstić information content (AvgIpc) is 2.38. The summed E-state index contributed by atoms with van der Waals surface area (Å²) in [5.41, 5.74) is 5.98. The third-order valence-corrected chi connectivity index (χ3v) is 2.36. The fourth-order valence-electron chi connectivity index (χ4n) is 1.57. The fourth-order valence-corrected chi connectivity index (χ4v) is 1.57. The number of carbonyl (C=O) groups excluding carboxylic acids is 1. The normalized spacial score (nSPS) is 14.1. The topological polar surface area (TPSA) is 142 Å². The van der Waals surface area contributed by atoms with Crippen molar-refractivity contribution in [2.45, 2.75) is 13.0 Å². The third-order valence-electron chi connectivity index (χ3n) is 2.36. The number of fused-ring (bicyclic) bond motifs is 1. The number of nitrogens with two attached hydrogens (primary N) is 1. The summed E-state index contributed by atoms with van der Waals surface area (Å²) in [5.74, 6) is -1.00. The minimum absolute atomic E-state index is 0.0362. The predicted molar refractivity (Wildman–Crippen MR) is 69.6 cm³/mol. The standard InChI is InChI=1S/C10H12N2O4.C2H4O2/c11-3-7(14)5-1-2-6(13)9-10(5)16-4-8(15)12-9;1-2(3)4/h1-2,7,13-14H,3-4,11H2,(H,12,15);1H3,(H,3,4)/t7-;/m0./s1. The van der Waals surface area contributed by atoms with Crippen LogP contribution in [0.2, 0.25) is 0 Å². The van der Waals surface area contributed by atoms with Crippen molar-refractivity contribution >= 4 is 17.6 Å². The van der Waals surface area contributed by atoms with Gasteiger partial charge in [0, 0.05) is 19.0 Å². The molecule has 0 unspecified atom stereocenters. The van der Waals surface area contributed by atoms with Gasteiger partial charge in [0.1, 0.15) is 11.4 Å². The molecule has 0 saturated carbocycles. The molecule has 1 atom stereocenters. The third kappa shape index (κ3) is 3.84. The number of hydrogen-bond donors (Lipinski definition) is 5. The lowest BCUT2D eigenvalue weighted by Crippen LogP contribution is -2.27. The van der Waals surface area contributed by atoms with Crippen LogP contribution in [0.15, 0.2) is 12.1 Å². The van der Waals surface area contributed by atoms with E-state index in [0.717, 1.165) is 6.92 Å². The number of carboxylic acid groups (broad SMARTS) is 1. The number of phenols is 1. The van der Waals surface area contributed by atoms with Gasteiger partial charge in [0.15, 0.2) is 12.4 Å². The number of carbonyl (C=O) groups is 2. The SMILES string of the molecule is CC(=O)O.NC[C@H](O)c1ccc(O)c2c1OCC(=O)N2. The Morgan fingerprint density at radius 1 is 1.55 bits per heavy atom. The van der Waals surface area contributed by atoms with Gasteiger partial charge >= 0.3 is 0 Å². The number of aliphatic hydroxyl groups excluding tert-OH is 1. The maximum absolute atomic E-state index is 11.1. The molecule has 1 aliphatic heterocycles. The Kier molecular flexibility index (Phi) is 5.30. The summed E-state index contributed by atoms with van der Waals surface area (Å²) >= 11 is 0. The average molecular weight is 284 g/mol. The van der Waals surface area contributed by atoms with Crippen LogP contribution in [0.1, 0.15) is 18.6 Å². The molecule has 1 heterocycles. The number of aliphatic hydroxyl groups is 1. The molecule has 0 radical (unpaired) electrons. The van der Waals surface area contributed by atoms with Crippen molar-refractivity contribution in [1.82, 2.24) is 0 Å². The van der Waals surface area contributed by atoms with E-state index in [-0.39, 0.29) is 36.2 Å². The smallest absolute Gasteiger partial charge is 0.300 e. The van der Waals surface area contributed by atoms with Crippen LogP contribution in [0.3, 0.4) is 0 Å². The molecule has 6 N–H and O–H groups in total. The van der Waals surface area contributed by atoms with Gasteiger partial charge < -0.3 is 31.1 Å². The van der Waals surface area contributed by atoms with Crippen LogP contribution in [0.4, 0.5) is 5.69 Å². The maximum Gasteiger partial charge on any atom is 0.300 e. The second-order valence-electron chi connectivity index (χ2n) is 3.99. The van der Waals surface area contributed by atoms with Crippen molar-refractivity contribution in [3.8, 4) is 11.5 Å². The molecule has 0 aliphatic carbocycles. The zero-order valence-corrected chi connectivity index (χ0v) is 10.8. The summed E-state index contributed by atoms with van der Waals surface area (Å²) < 4.78 is 5.18. The van der Waals surface area contributed by atoms with Crippen LogP contribution in [-0.2, 0) is 9.59 Å². The van der Waals surface area contributed by atoms with Gasteiger partial charge in [0.2, 0.25) is 0 Å². The summed E-state index contributed by atoms with van der Waals surface area (Å²) in [5, 5.41) is 29.1. The van der Waals surface area contributed by atoms with E-state index >= 15 is 0 Å². The van der Waals surface area contributed by atoms with E-state index in [1.807, 2.05) is 0 Å². The van der Waals surface area contributed by atoms with Crippen molar-refractivity contribution in [1.29, 1.82) is 0 Å². The predicted octanol–water partition coefficient (Wildman–Crippen LogP) is -0.194. The molecule has 1 aromatic carbocycles. The van der Waals surface area contributed by atoms with E-state index in [1.165, 1.54) is 12.1 Å². The van der Waals surface area contributed by atoms with Crippen molar-refractivity contribution in [3.63, 3.8) is 0 Å². The minimum atomic E-state index is -0.885. The molecule has 2 rings (SSSR count). The van der Waals surface area contributed by atoms with Gasteiger partial charge in [-0.15, -0.1) is 0 Å². The highest BCUT2D eigenvalue weighted by Crippen LogP contribution is 2.41. The van der Waals surface area contributed by atoms with E-state index in [1.54, 1.807) is 0 Å². The lowest BCUT2D eigenvalue weighted by molar-refractivity contribution is -0.134. The molecule has 110 valence electrons. The van der Waals surface area contributed by atoms with Gasteiger partial charge in [-0.3, -0.25) is 9.59 Å². The number of amides is 1. The highest BCUT2D eigenvalue weighted by atomic mass is 16.5. The second kappa shape index (κ2) is 6.73. The van der Waals surface area contributed by atoms with Gasteiger partial charge in [0.05, 0.1) is 6.10 Å². The van der Waals surface area contributed by atoms with E-state index in [9.17, 15) is 15.0 Å². The highest BCUT2D eigenvalue weighted by molar-refractivity contribution is 5.97. The number of aliphatic carboxylic acids is 1. The Balaban J connectivity index is 0.000000444. The quantitative estimate of drug-likeness (QED) is 0.473. The summed E-state index contributed by atoms with van der Waals surface area (Å²) in [6, 6.07) is 2.89. The number of benzene rings is 1. The van der Waals surface area contributed by atoms with E-state index < -0.39 is 12.1 Å². The summed E-state index contributed by atoms with van der Waals surface area (Å²) in [6.45, 7) is 0.981. The molecular formula is C12H16N2O6. The molecule has 0 spiro atoms. The summed E-state index contributed by atoms with van der Waals surface area (Å²) in [6.07, 6.45) is -0.885. The Morgan fingerprint density at radius 2 is 2.15 bits per heavy atom. The molecule has 0 fully saturated rings. The zero-order chi connectivity index (χ0) is 15.3. The number of carboxylic acids is 1. The van der Waals surface area contributed by atoms with Crippen LogP contribution in [0, 0.1) is 0 Å². The Bertz CT molecular complexity index is 513. The van der Waals surface area contributed by atoms with Crippen molar-refractivity contribution in [3.05, 3.63) is 17.7 Å². The van der Waals surface area contributed by atoms with Crippen LogP contribution < -0.4 is 15.8 Å². The molecule has 1 aliphatic rings. The van der Waals surface area contributed by atoms with Gasteiger partial charge in [0.25, 0.3) is 11.9 Å². The molecule has 20 heavy (non-hydrogen) atoms. The monoisotopic (exact) mass is 284 g/mol. The largest absolute Gasteiger partial charge is 0.506 e. The highest BCUT2D eigenvalue weighted by Gasteiger charge is 2.24. The first kappa shape index (κ1) is 15.7. The van der Waals surface area contributed by atoms with E-state index in [4.69, 9.17) is 20.4 Å². The first-order valence-corrected chi connectivity index (χ1v) is 5.73. The lowest BCUT2D eigenvalue weighted by atomic mass is 10.1. The lowest BCUT2D eigenvalue weighted by Gasteiger charge is -2.23. The van der Waals surface area contributed by atoms with Crippen LogP contribution in [0.5, 0.6) is 11.5 Å². The van der Waals surface area contributed by atoms with Crippen molar-refractivity contribution in [2.75, 3.05) is 18.5 Å². The molecule has 0 bridgehead atoms. The van der Waals surface area contributed by atoms with Crippen LogP contribution in [-0.4, -0.2) is 40.3 Å². The van der Waals surface area contributed by atoms with Crippen LogP contribution in [0.25, 0.3) is 0 Å². The number of hydrogen-bond acceptors (Lipinski definition) is 6. The first-order chi connectivity index (χ1) is 9.36. The molecule has 1 amide bonds. The van der Waals surface area contributed by atoms with Gasteiger partial charge in [-0.2, -0.15) is 0 Å². The van der Waals surface area contributed by atoms with Crippen molar-refractivity contribution < 1.29 is 29.6 Å². The number of ether oxygens (including phenoxy) is 1. The second-order valence-corrected chi connectivity index (χ2v) is 3.99. The molecule has 0 saturated heterocycles. The fraction of sp³-hybridized carbons (Fsp3) is 0.333. The molecule has 8 heteroatoms. The van der Waals surface area contributed by atoms with Crippen LogP contribution >= 0.6 is 0 Å². The Morgan fingerprint density at radius 3 is 2.70 bits per heavy atom. The maximum atomic E-state index is 11.1. The molecule has 8 nitrogen and oxygen atoms in total. The zero-order valence-electron chi connectivity index (χ0n) is 10.8. The number of nitrogens with one attached hydrogen (secondary N) is 1. The van der Waals surface area contributed by atoms with E-state index in [2.05, 4.69) is 5.32 Å². The van der Waals surface area contributed by atoms with E-state index in [0.29, 0.717) is 5.56 Å². The van der Waals surface area contributed by atoms with Gasteiger partial charge in [-0.1, -0.05) is 0 Å². The van der Waals surface area contributed by atoms with Gasteiger partial charge in [-0.25, -0.2) is 0 Å².